The van der Waals surface area contributed by atoms with E-state index in [2.05, 4.69) is 0 Å². The van der Waals surface area contributed by atoms with Crippen LogP contribution in [0.4, 0.5) is 13.2 Å². The average molecular weight is 248 g/mol. The first-order valence-electron chi connectivity index (χ1n) is 4.75. The minimum absolute atomic E-state index is 0.307. The highest BCUT2D eigenvalue weighted by Crippen LogP contribution is 2.30. The van der Waals surface area contributed by atoms with Crippen LogP contribution in [0.3, 0.4) is 0 Å². The van der Waals surface area contributed by atoms with Gasteiger partial charge in [0.05, 0.1) is 5.41 Å². The van der Waals surface area contributed by atoms with Gasteiger partial charge in [0.1, 0.15) is 0 Å². The molecule has 0 aliphatic heterocycles. The average Bonchev–Trinajstić information content (AvgIpc) is 2.21. The number of rotatable bonds is 3. The van der Waals surface area contributed by atoms with Gasteiger partial charge in [-0.2, -0.15) is 0 Å². The number of carboxylic acid groups (broad SMARTS) is 1. The van der Waals surface area contributed by atoms with E-state index in [1.165, 1.54) is 13.8 Å². The Kier molecular flexibility index (Phi) is 3.35. The first-order valence-corrected chi connectivity index (χ1v) is 4.75. The summed E-state index contributed by atoms with van der Waals surface area (Å²) in [4.78, 5) is 10.8. The number of carboxylic acids is 1. The third-order valence-electron chi connectivity index (χ3n) is 2.43. The number of phenolic OH excluding ortho intramolecular Hbond substituents is 1. The highest BCUT2D eigenvalue weighted by atomic mass is 19.2. The largest absolute Gasteiger partial charge is 0.505 e. The Morgan fingerprint density at radius 2 is 1.82 bits per heavy atom. The molecule has 0 saturated heterocycles. The summed E-state index contributed by atoms with van der Waals surface area (Å²) >= 11 is 0. The van der Waals surface area contributed by atoms with Crippen molar-refractivity contribution < 1.29 is 28.2 Å². The molecule has 0 atom stereocenters. The van der Waals surface area contributed by atoms with E-state index in [9.17, 15) is 18.0 Å². The predicted molar refractivity (Wildman–Crippen MR) is 53.1 cm³/mol. The molecular formula is C11H11F3O3. The van der Waals surface area contributed by atoms with Gasteiger partial charge in [0.25, 0.3) is 0 Å². The fraction of sp³-hybridized carbons (Fsp3) is 0.364. The van der Waals surface area contributed by atoms with Gasteiger partial charge in [-0.1, -0.05) is 0 Å². The Bertz CT molecular complexity index is 443. The lowest BCUT2D eigenvalue weighted by molar-refractivity contribution is -0.146. The van der Waals surface area contributed by atoms with E-state index in [4.69, 9.17) is 10.2 Å². The third-order valence-corrected chi connectivity index (χ3v) is 2.43. The van der Waals surface area contributed by atoms with Crippen LogP contribution in [0.2, 0.25) is 0 Å². The number of aliphatic carboxylic acids is 1. The fourth-order valence-electron chi connectivity index (χ4n) is 1.31. The van der Waals surface area contributed by atoms with Crippen LogP contribution in [0.1, 0.15) is 19.4 Å². The SMILES string of the molecule is CC(C)(Cc1c(F)c(O)cc(F)c1F)C(=O)O. The van der Waals surface area contributed by atoms with Gasteiger partial charge in [-0.3, -0.25) is 4.79 Å². The first-order chi connectivity index (χ1) is 7.66. The van der Waals surface area contributed by atoms with Crippen molar-refractivity contribution in [3.63, 3.8) is 0 Å². The topological polar surface area (TPSA) is 57.5 Å². The summed E-state index contributed by atoms with van der Waals surface area (Å²) in [6.45, 7) is 2.49. The molecule has 2 N–H and O–H groups in total. The lowest BCUT2D eigenvalue weighted by Gasteiger charge is -2.20. The van der Waals surface area contributed by atoms with Crippen molar-refractivity contribution in [1.82, 2.24) is 0 Å². The lowest BCUT2D eigenvalue weighted by atomic mass is 9.85. The van der Waals surface area contributed by atoms with E-state index in [1.807, 2.05) is 0 Å². The molecule has 0 heterocycles. The van der Waals surface area contributed by atoms with Gasteiger partial charge in [-0.25, -0.2) is 13.2 Å². The van der Waals surface area contributed by atoms with E-state index < -0.39 is 46.6 Å². The van der Waals surface area contributed by atoms with Crippen molar-refractivity contribution in [2.75, 3.05) is 0 Å². The summed E-state index contributed by atoms with van der Waals surface area (Å²) in [6.07, 6.45) is -0.564. The molecule has 1 aromatic rings. The normalized spacial score (nSPS) is 11.6. The number of hydrogen-bond donors (Lipinski definition) is 2. The molecule has 94 valence electrons. The number of aromatic hydroxyl groups is 1. The van der Waals surface area contributed by atoms with Crippen LogP contribution in [-0.2, 0) is 11.2 Å². The van der Waals surface area contributed by atoms with Crippen molar-refractivity contribution in [2.45, 2.75) is 20.3 Å². The molecule has 0 amide bonds. The number of phenols is 1. The number of carbonyl (C=O) groups is 1. The lowest BCUT2D eigenvalue weighted by Crippen LogP contribution is -2.27. The van der Waals surface area contributed by atoms with E-state index in [0.29, 0.717) is 6.07 Å². The molecule has 1 aromatic carbocycles. The van der Waals surface area contributed by atoms with Crippen LogP contribution in [0.25, 0.3) is 0 Å². The van der Waals surface area contributed by atoms with E-state index in [-0.39, 0.29) is 0 Å². The third kappa shape index (κ3) is 2.51. The minimum Gasteiger partial charge on any atom is -0.505 e. The zero-order chi connectivity index (χ0) is 13.4. The van der Waals surface area contributed by atoms with Gasteiger partial charge in [0.15, 0.2) is 23.2 Å². The Morgan fingerprint density at radius 1 is 1.29 bits per heavy atom. The van der Waals surface area contributed by atoms with Crippen LogP contribution in [0.5, 0.6) is 5.75 Å². The van der Waals surface area contributed by atoms with E-state index in [1.54, 1.807) is 0 Å². The van der Waals surface area contributed by atoms with Crippen molar-refractivity contribution in [2.24, 2.45) is 5.41 Å². The number of hydrogen-bond acceptors (Lipinski definition) is 2. The van der Waals surface area contributed by atoms with Gasteiger partial charge in [0, 0.05) is 11.6 Å². The Labute approximate surface area is 95.5 Å². The molecule has 0 bridgehead atoms. The summed E-state index contributed by atoms with van der Waals surface area (Å²) in [6, 6.07) is 0.307. The molecular weight excluding hydrogens is 237 g/mol. The summed E-state index contributed by atoms with van der Waals surface area (Å²) in [7, 11) is 0. The molecule has 0 aliphatic rings. The first kappa shape index (κ1) is 13.3. The summed E-state index contributed by atoms with van der Waals surface area (Å²) in [5.41, 5.74) is -2.24. The van der Waals surface area contributed by atoms with Gasteiger partial charge in [-0.15, -0.1) is 0 Å². The Morgan fingerprint density at radius 3 is 2.29 bits per heavy atom. The number of halogens is 3. The van der Waals surface area contributed by atoms with Crippen molar-refractivity contribution in [3.8, 4) is 5.75 Å². The van der Waals surface area contributed by atoms with Crippen molar-refractivity contribution in [3.05, 3.63) is 29.1 Å². The quantitative estimate of drug-likeness (QED) is 0.808. The molecule has 0 aromatic heterocycles. The van der Waals surface area contributed by atoms with Crippen LogP contribution in [0.15, 0.2) is 6.07 Å². The van der Waals surface area contributed by atoms with Gasteiger partial charge < -0.3 is 10.2 Å². The monoisotopic (exact) mass is 248 g/mol. The van der Waals surface area contributed by atoms with Crippen LogP contribution < -0.4 is 0 Å². The molecule has 0 spiro atoms. The molecule has 17 heavy (non-hydrogen) atoms. The molecule has 0 radical (unpaired) electrons. The molecule has 0 aliphatic carbocycles. The van der Waals surface area contributed by atoms with Gasteiger partial charge >= 0.3 is 5.97 Å². The zero-order valence-electron chi connectivity index (χ0n) is 9.22. The summed E-state index contributed by atoms with van der Waals surface area (Å²) in [5, 5.41) is 17.8. The van der Waals surface area contributed by atoms with Crippen LogP contribution in [-0.4, -0.2) is 16.2 Å². The van der Waals surface area contributed by atoms with Gasteiger partial charge in [-0.05, 0) is 20.3 Å². The van der Waals surface area contributed by atoms with Crippen molar-refractivity contribution in [1.29, 1.82) is 0 Å². The second-order valence-corrected chi connectivity index (χ2v) is 4.35. The fourth-order valence-corrected chi connectivity index (χ4v) is 1.31. The maximum Gasteiger partial charge on any atom is 0.309 e. The maximum absolute atomic E-state index is 13.4. The van der Waals surface area contributed by atoms with Crippen LogP contribution >= 0.6 is 0 Å². The molecule has 6 heteroatoms. The van der Waals surface area contributed by atoms with E-state index >= 15 is 0 Å². The minimum atomic E-state index is -1.48. The highest BCUT2D eigenvalue weighted by molar-refractivity contribution is 5.74. The van der Waals surface area contributed by atoms with Gasteiger partial charge in [0.2, 0.25) is 0 Å². The molecule has 0 unspecified atom stereocenters. The molecule has 1 rings (SSSR count). The predicted octanol–water partition coefficient (Wildman–Crippen LogP) is 2.46. The Balaban J connectivity index is 3.28. The second-order valence-electron chi connectivity index (χ2n) is 4.35. The second kappa shape index (κ2) is 4.27. The Hall–Kier alpha value is -1.72. The maximum atomic E-state index is 13.4. The van der Waals surface area contributed by atoms with E-state index in [0.717, 1.165) is 0 Å². The standard InChI is InChI=1S/C11H11F3O3/c1-11(2,10(16)17)4-5-8(13)6(12)3-7(15)9(5)14/h3,15H,4H2,1-2H3,(H,16,17). The van der Waals surface area contributed by atoms with Crippen molar-refractivity contribution >= 4 is 5.97 Å². The molecule has 0 fully saturated rings. The smallest absolute Gasteiger partial charge is 0.309 e. The highest BCUT2D eigenvalue weighted by Gasteiger charge is 2.31. The summed E-state index contributed by atoms with van der Waals surface area (Å²) in [5.74, 6) is -6.55. The molecule has 3 nitrogen and oxygen atoms in total. The number of benzene rings is 1. The molecule has 0 saturated carbocycles. The summed E-state index contributed by atoms with van der Waals surface area (Å²) < 4.78 is 39.7. The zero-order valence-corrected chi connectivity index (χ0v) is 9.22. The van der Waals surface area contributed by atoms with Crippen LogP contribution in [0, 0.1) is 22.9 Å².